The molecule has 0 unspecified atom stereocenters. The number of non-ortho nitro benzene ring substituents is 1. The molecule has 2 rings (SSSR count). The fourth-order valence-corrected chi connectivity index (χ4v) is 1.96. The zero-order valence-corrected chi connectivity index (χ0v) is 13.2. The molecule has 0 aliphatic heterocycles. The molecule has 25 heavy (non-hydrogen) atoms. The van der Waals surface area contributed by atoms with Gasteiger partial charge in [0, 0.05) is 24.0 Å². The van der Waals surface area contributed by atoms with Gasteiger partial charge < -0.3 is 15.7 Å². The number of rotatable bonds is 5. The van der Waals surface area contributed by atoms with Gasteiger partial charge in [0.05, 0.1) is 10.6 Å². The number of benzene rings is 2. The molecule has 3 N–H and O–H groups in total. The maximum Gasteiger partial charge on any atom is 0.271 e. The maximum absolute atomic E-state index is 12.1. The van der Waals surface area contributed by atoms with Crippen LogP contribution >= 0.6 is 0 Å². The minimum atomic E-state index is -0.734. The van der Waals surface area contributed by atoms with Gasteiger partial charge in [0.25, 0.3) is 11.6 Å². The van der Waals surface area contributed by atoms with Crippen LogP contribution in [-0.4, -0.2) is 15.9 Å². The molecular formula is C17H14N4O4. The summed E-state index contributed by atoms with van der Waals surface area (Å²) in [5.41, 5.74) is 0.985. The lowest BCUT2D eigenvalue weighted by Gasteiger charge is -2.07. The molecule has 0 radical (unpaired) electrons. The Morgan fingerprint density at radius 1 is 1.32 bits per heavy atom. The monoisotopic (exact) mass is 338 g/mol. The molecule has 8 heteroatoms. The third-order valence-corrected chi connectivity index (χ3v) is 3.20. The van der Waals surface area contributed by atoms with Crippen LogP contribution in [0.4, 0.5) is 17.1 Å². The lowest BCUT2D eigenvalue weighted by Crippen LogP contribution is -2.14. The number of nitro groups is 1. The summed E-state index contributed by atoms with van der Waals surface area (Å²) < 4.78 is 0. The van der Waals surface area contributed by atoms with E-state index in [1.54, 1.807) is 18.2 Å². The molecule has 0 atom stereocenters. The van der Waals surface area contributed by atoms with Crippen molar-refractivity contribution >= 4 is 23.0 Å². The van der Waals surface area contributed by atoms with E-state index in [2.05, 4.69) is 10.6 Å². The Hall–Kier alpha value is -3.86. The van der Waals surface area contributed by atoms with Crippen LogP contribution in [0.25, 0.3) is 0 Å². The Balaban J connectivity index is 2.15. The van der Waals surface area contributed by atoms with Gasteiger partial charge in [-0.2, -0.15) is 5.26 Å². The van der Waals surface area contributed by atoms with Gasteiger partial charge in [0.15, 0.2) is 0 Å². The van der Waals surface area contributed by atoms with E-state index < -0.39 is 10.8 Å². The number of phenols is 1. The highest BCUT2D eigenvalue weighted by molar-refractivity contribution is 6.06. The third kappa shape index (κ3) is 4.56. The molecule has 0 spiro atoms. The Bertz CT molecular complexity index is 900. The Morgan fingerprint density at radius 2 is 2.08 bits per heavy atom. The van der Waals surface area contributed by atoms with E-state index in [1.807, 2.05) is 6.92 Å². The standard InChI is InChI=1S/C17H14N4O4/c1-11-5-6-16(22)15(7-11)19-10-12(9-18)17(23)20-13-3-2-4-14(8-13)21(24)25/h2-8,10,19,22H,1H3,(H,20,23)/b12-10-. The number of anilines is 2. The predicted octanol–water partition coefficient (Wildman–Crippen LogP) is 3.07. The van der Waals surface area contributed by atoms with E-state index in [4.69, 9.17) is 5.26 Å². The normalized spacial score (nSPS) is 10.6. The summed E-state index contributed by atoms with van der Waals surface area (Å²) in [6.45, 7) is 1.83. The molecule has 0 fully saturated rings. The molecular weight excluding hydrogens is 324 g/mol. The average Bonchev–Trinajstić information content (AvgIpc) is 2.58. The van der Waals surface area contributed by atoms with Gasteiger partial charge in [-0.1, -0.05) is 12.1 Å². The number of phenolic OH excluding ortho intramolecular Hbond substituents is 1. The van der Waals surface area contributed by atoms with Crippen LogP contribution in [0.15, 0.2) is 54.2 Å². The fourth-order valence-electron chi connectivity index (χ4n) is 1.96. The SMILES string of the molecule is Cc1ccc(O)c(N/C=C(/C#N)C(=O)Nc2cccc([N+](=O)[O-])c2)c1. The highest BCUT2D eigenvalue weighted by atomic mass is 16.6. The number of nitriles is 1. The average molecular weight is 338 g/mol. The molecule has 0 bridgehead atoms. The molecule has 0 aromatic heterocycles. The zero-order chi connectivity index (χ0) is 18.4. The van der Waals surface area contributed by atoms with Crippen LogP contribution < -0.4 is 10.6 Å². The first-order chi connectivity index (χ1) is 11.9. The van der Waals surface area contributed by atoms with Crippen molar-refractivity contribution in [2.45, 2.75) is 6.92 Å². The largest absolute Gasteiger partial charge is 0.506 e. The molecule has 2 aromatic carbocycles. The van der Waals surface area contributed by atoms with Gasteiger partial charge >= 0.3 is 0 Å². The highest BCUT2D eigenvalue weighted by Crippen LogP contribution is 2.24. The summed E-state index contributed by atoms with van der Waals surface area (Å²) in [5, 5.41) is 34.7. The van der Waals surface area contributed by atoms with E-state index in [0.29, 0.717) is 5.69 Å². The smallest absolute Gasteiger partial charge is 0.271 e. The van der Waals surface area contributed by atoms with Crippen molar-refractivity contribution in [2.75, 3.05) is 10.6 Å². The van der Waals surface area contributed by atoms with Crippen molar-refractivity contribution in [1.82, 2.24) is 0 Å². The second-order valence-corrected chi connectivity index (χ2v) is 5.10. The summed E-state index contributed by atoms with van der Waals surface area (Å²) >= 11 is 0. The van der Waals surface area contributed by atoms with Gasteiger partial charge in [-0.05, 0) is 30.7 Å². The number of nitrogens with one attached hydrogen (secondary N) is 2. The van der Waals surface area contributed by atoms with E-state index in [9.17, 15) is 20.0 Å². The third-order valence-electron chi connectivity index (χ3n) is 3.20. The van der Waals surface area contributed by atoms with Crippen LogP contribution in [0.2, 0.25) is 0 Å². The van der Waals surface area contributed by atoms with Crippen molar-refractivity contribution in [3.8, 4) is 11.8 Å². The molecule has 0 aliphatic carbocycles. The van der Waals surface area contributed by atoms with Crippen molar-refractivity contribution in [1.29, 1.82) is 5.26 Å². The van der Waals surface area contributed by atoms with Crippen molar-refractivity contribution < 1.29 is 14.8 Å². The van der Waals surface area contributed by atoms with Gasteiger partial charge in [-0.15, -0.1) is 0 Å². The maximum atomic E-state index is 12.1. The minimum absolute atomic E-state index is 0.0294. The van der Waals surface area contributed by atoms with Gasteiger partial charge in [0.1, 0.15) is 17.4 Å². The Labute approximate surface area is 143 Å². The summed E-state index contributed by atoms with van der Waals surface area (Å²) in [6.07, 6.45) is 1.15. The van der Waals surface area contributed by atoms with E-state index in [-0.39, 0.29) is 22.7 Å². The Morgan fingerprint density at radius 3 is 2.76 bits per heavy atom. The second-order valence-electron chi connectivity index (χ2n) is 5.10. The lowest BCUT2D eigenvalue weighted by atomic mass is 10.2. The highest BCUT2D eigenvalue weighted by Gasteiger charge is 2.12. The number of amides is 1. The summed E-state index contributed by atoms with van der Waals surface area (Å²) in [7, 11) is 0. The predicted molar refractivity (Wildman–Crippen MR) is 91.9 cm³/mol. The quantitative estimate of drug-likeness (QED) is 0.253. The summed E-state index contributed by atoms with van der Waals surface area (Å²) in [5.74, 6) is -0.763. The minimum Gasteiger partial charge on any atom is -0.506 e. The first-order valence-electron chi connectivity index (χ1n) is 7.13. The fraction of sp³-hybridized carbons (Fsp3) is 0.0588. The van der Waals surface area contributed by atoms with E-state index >= 15 is 0 Å². The van der Waals surface area contributed by atoms with Gasteiger partial charge in [-0.25, -0.2) is 0 Å². The zero-order valence-electron chi connectivity index (χ0n) is 13.2. The Kier molecular flexibility index (Phi) is 5.32. The van der Waals surface area contributed by atoms with Crippen molar-refractivity contribution in [3.63, 3.8) is 0 Å². The van der Waals surface area contributed by atoms with Crippen molar-refractivity contribution in [2.24, 2.45) is 0 Å². The number of nitro benzene ring substituents is 1. The van der Waals surface area contributed by atoms with Gasteiger partial charge in [0.2, 0.25) is 0 Å². The molecule has 0 heterocycles. The van der Waals surface area contributed by atoms with Gasteiger partial charge in [-0.3, -0.25) is 14.9 Å². The molecule has 0 aliphatic rings. The molecule has 1 amide bonds. The van der Waals surface area contributed by atoms with Crippen LogP contribution in [-0.2, 0) is 4.79 Å². The van der Waals surface area contributed by atoms with Crippen molar-refractivity contribution in [3.05, 3.63) is 69.9 Å². The molecule has 2 aromatic rings. The summed E-state index contributed by atoms with van der Waals surface area (Å²) in [4.78, 5) is 22.3. The van der Waals surface area contributed by atoms with E-state index in [0.717, 1.165) is 11.8 Å². The number of aromatic hydroxyl groups is 1. The second kappa shape index (κ2) is 7.61. The van der Waals surface area contributed by atoms with Crippen LogP contribution in [0.3, 0.4) is 0 Å². The van der Waals surface area contributed by atoms with Crippen LogP contribution in [0.5, 0.6) is 5.75 Å². The van der Waals surface area contributed by atoms with E-state index in [1.165, 1.54) is 30.3 Å². The number of aryl methyl sites for hydroxylation is 1. The first-order valence-corrected chi connectivity index (χ1v) is 7.13. The summed E-state index contributed by atoms with van der Waals surface area (Å²) in [6, 6.07) is 12.0. The molecule has 0 saturated heterocycles. The number of carbonyl (C=O) groups excluding carboxylic acids is 1. The molecule has 8 nitrogen and oxygen atoms in total. The lowest BCUT2D eigenvalue weighted by molar-refractivity contribution is -0.384. The topological polar surface area (TPSA) is 128 Å². The number of hydrogen-bond donors (Lipinski definition) is 3. The number of hydrogen-bond acceptors (Lipinski definition) is 6. The number of carbonyl (C=O) groups is 1. The van der Waals surface area contributed by atoms with Crippen LogP contribution in [0.1, 0.15) is 5.56 Å². The van der Waals surface area contributed by atoms with Crippen LogP contribution in [0, 0.1) is 28.4 Å². The molecule has 0 saturated carbocycles. The number of nitrogens with zero attached hydrogens (tertiary/aromatic N) is 2. The first kappa shape index (κ1) is 17.5. The molecule has 126 valence electrons.